The summed E-state index contributed by atoms with van der Waals surface area (Å²) in [5, 5.41) is 0.691. The second-order valence-corrected chi connectivity index (χ2v) is 7.60. The van der Waals surface area contributed by atoms with E-state index in [4.69, 9.17) is 16.3 Å². The fourth-order valence-corrected chi connectivity index (χ4v) is 3.53. The van der Waals surface area contributed by atoms with Crippen LogP contribution >= 0.6 is 11.6 Å². The van der Waals surface area contributed by atoms with Gasteiger partial charge >= 0.3 is 5.69 Å². The largest absolute Gasteiger partial charge is 0.473 e. The van der Waals surface area contributed by atoms with Crippen molar-refractivity contribution >= 4 is 17.4 Å². The third-order valence-corrected chi connectivity index (χ3v) is 5.26. The summed E-state index contributed by atoms with van der Waals surface area (Å²) in [5.74, 6) is 0.736. The molecule has 0 radical (unpaired) electrons. The van der Waals surface area contributed by atoms with Crippen molar-refractivity contribution in [2.45, 2.75) is 33.0 Å². The lowest BCUT2D eigenvalue weighted by molar-refractivity contribution is 0.289. The zero-order valence-corrected chi connectivity index (χ0v) is 16.8. The van der Waals surface area contributed by atoms with Crippen LogP contribution in [0.3, 0.4) is 0 Å². The van der Waals surface area contributed by atoms with Crippen molar-refractivity contribution in [3.63, 3.8) is 0 Å². The summed E-state index contributed by atoms with van der Waals surface area (Å²) in [4.78, 5) is 18.7. The monoisotopic (exact) mass is 413 g/mol. The van der Waals surface area contributed by atoms with Gasteiger partial charge in [-0.1, -0.05) is 35.9 Å². The van der Waals surface area contributed by atoms with Crippen LogP contribution in [0.2, 0.25) is 5.02 Å². The third kappa shape index (κ3) is 4.43. The number of hydrogen-bond donors (Lipinski definition) is 0. The molecule has 0 saturated heterocycles. The molecular formula is C22H21ClFN3O2. The third-order valence-electron chi connectivity index (χ3n) is 5.01. The number of rotatable bonds is 5. The Balaban J connectivity index is 1.56. The predicted octanol–water partition coefficient (Wildman–Crippen LogP) is 4.33. The first-order chi connectivity index (χ1) is 14.0. The van der Waals surface area contributed by atoms with E-state index in [1.54, 1.807) is 29.7 Å². The van der Waals surface area contributed by atoms with Crippen molar-refractivity contribution in [2.75, 3.05) is 11.4 Å². The first-order valence-electron chi connectivity index (χ1n) is 9.49. The number of nitrogens with zero attached hydrogens (tertiary/aromatic N) is 3. The molecule has 2 heterocycles. The minimum atomic E-state index is -0.339. The molecule has 0 unspecified atom stereocenters. The molecule has 1 aliphatic rings. The Morgan fingerprint density at radius 1 is 1.10 bits per heavy atom. The Labute approximate surface area is 173 Å². The zero-order chi connectivity index (χ0) is 20.4. The van der Waals surface area contributed by atoms with Gasteiger partial charge in [-0.25, -0.2) is 9.18 Å². The first kappa shape index (κ1) is 19.5. The van der Waals surface area contributed by atoms with Crippen LogP contribution in [0.15, 0.2) is 53.3 Å². The standard InChI is InChI=1S/C22H21ClFN3O2/c1-15-3-4-17(11-19(15)24)14-29-20-12-21-26(9-2-10-27(21)22(28)25-20)13-16-5-7-18(23)8-6-16/h3-8,11-12H,2,9-10,13-14H2,1H3. The highest BCUT2D eigenvalue weighted by atomic mass is 35.5. The summed E-state index contributed by atoms with van der Waals surface area (Å²) in [7, 11) is 0. The van der Waals surface area contributed by atoms with E-state index in [1.807, 2.05) is 24.3 Å². The molecule has 150 valence electrons. The number of benzene rings is 2. The maximum Gasteiger partial charge on any atom is 0.352 e. The van der Waals surface area contributed by atoms with E-state index in [9.17, 15) is 9.18 Å². The van der Waals surface area contributed by atoms with Gasteiger partial charge in [-0.05, 0) is 48.2 Å². The molecule has 0 amide bonds. The van der Waals surface area contributed by atoms with Crippen LogP contribution in [0, 0.1) is 12.7 Å². The summed E-state index contributed by atoms with van der Waals surface area (Å²) >= 11 is 5.97. The van der Waals surface area contributed by atoms with Crippen LogP contribution < -0.4 is 15.3 Å². The van der Waals surface area contributed by atoms with E-state index in [2.05, 4.69) is 9.88 Å². The SMILES string of the molecule is Cc1ccc(COc2cc3n(c(=O)n2)CCCN3Cc2ccc(Cl)cc2)cc1F. The highest BCUT2D eigenvalue weighted by Gasteiger charge is 2.20. The molecule has 0 N–H and O–H groups in total. The van der Waals surface area contributed by atoms with Gasteiger partial charge in [0.15, 0.2) is 0 Å². The molecule has 2 aromatic carbocycles. The van der Waals surface area contributed by atoms with Crippen LogP contribution in [0.4, 0.5) is 10.2 Å². The topological polar surface area (TPSA) is 47.4 Å². The molecule has 1 aliphatic heterocycles. The van der Waals surface area contributed by atoms with E-state index in [0.717, 1.165) is 24.3 Å². The summed E-state index contributed by atoms with van der Waals surface area (Å²) in [6, 6.07) is 14.4. The Morgan fingerprint density at radius 2 is 1.86 bits per heavy atom. The van der Waals surface area contributed by atoms with Gasteiger partial charge in [0.2, 0.25) is 5.88 Å². The predicted molar refractivity (Wildman–Crippen MR) is 111 cm³/mol. The van der Waals surface area contributed by atoms with Crippen LogP contribution in [0.5, 0.6) is 5.88 Å². The first-order valence-corrected chi connectivity index (χ1v) is 9.86. The van der Waals surface area contributed by atoms with Crippen molar-refractivity contribution in [2.24, 2.45) is 0 Å². The number of aromatic nitrogens is 2. The molecule has 29 heavy (non-hydrogen) atoms. The highest BCUT2D eigenvalue weighted by Crippen LogP contribution is 2.25. The Bertz CT molecular complexity index is 1080. The van der Waals surface area contributed by atoms with E-state index in [-0.39, 0.29) is 24.0 Å². The molecule has 5 nitrogen and oxygen atoms in total. The number of anilines is 1. The van der Waals surface area contributed by atoms with Gasteiger partial charge in [0, 0.05) is 30.7 Å². The molecule has 0 bridgehead atoms. The van der Waals surface area contributed by atoms with Crippen LogP contribution in [0.1, 0.15) is 23.1 Å². The van der Waals surface area contributed by atoms with Gasteiger partial charge in [0.1, 0.15) is 18.2 Å². The van der Waals surface area contributed by atoms with Crippen molar-refractivity contribution in [1.82, 2.24) is 9.55 Å². The summed E-state index contributed by atoms with van der Waals surface area (Å²) in [6.07, 6.45) is 0.866. The second kappa shape index (κ2) is 8.25. The number of fused-ring (bicyclic) bond motifs is 1. The molecular weight excluding hydrogens is 393 g/mol. The minimum Gasteiger partial charge on any atom is -0.473 e. The number of hydrogen-bond acceptors (Lipinski definition) is 4. The van der Waals surface area contributed by atoms with Gasteiger partial charge in [0.25, 0.3) is 0 Å². The van der Waals surface area contributed by atoms with E-state index < -0.39 is 0 Å². The lowest BCUT2D eigenvalue weighted by Crippen LogP contribution is -2.38. The Kier molecular flexibility index (Phi) is 5.53. The number of aryl methyl sites for hydroxylation is 1. The molecule has 0 aliphatic carbocycles. The van der Waals surface area contributed by atoms with Crippen molar-refractivity contribution in [1.29, 1.82) is 0 Å². The molecule has 7 heteroatoms. The van der Waals surface area contributed by atoms with Crippen LogP contribution in [-0.2, 0) is 19.7 Å². The minimum absolute atomic E-state index is 0.143. The van der Waals surface area contributed by atoms with Crippen molar-refractivity contribution in [3.05, 3.63) is 86.5 Å². The van der Waals surface area contributed by atoms with E-state index >= 15 is 0 Å². The normalized spacial score (nSPS) is 13.3. The second-order valence-electron chi connectivity index (χ2n) is 7.16. The lowest BCUT2D eigenvalue weighted by atomic mass is 10.1. The maximum atomic E-state index is 13.7. The van der Waals surface area contributed by atoms with Crippen LogP contribution in [0.25, 0.3) is 0 Å². The summed E-state index contributed by atoms with van der Waals surface area (Å²) in [6.45, 7) is 3.96. The van der Waals surface area contributed by atoms with Crippen LogP contribution in [-0.4, -0.2) is 16.1 Å². The molecule has 4 rings (SSSR count). The van der Waals surface area contributed by atoms with Gasteiger partial charge in [-0.15, -0.1) is 0 Å². The van der Waals surface area contributed by atoms with Gasteiger partial charge in [-0.3, -0.25) is 4.57 Å². The molecule has 0 spiro atoms. The Morgan fingerprint density at radius 3 is 2.62 bits per heavy atom. The van der Waals surface area contributed by atoms with E-state index in [0.29, 0.717) is 29.2 Å². The zero-order valence-electron chi connectivity index (χ0n) is 16.1. The molecule has 0 saturated carbocycles. The van der Waals surface area contributed by atoms with Gasteiger partial charge in [0.05, 0.1) is 0 Å². The molecule has 0 fully saturated rings. The average Bonchev–Trinajstić information content (AvgIpc) is 2.71. The number of ether oxygens (including phenoxy) is 1. The average molecular weight is 414 g/mol. The van der Waals surface area contributed by atoms with Gasteiger partial charge in [-0.2, -0.15) is 4.98 Å². The molecule has 0 atom stereocenters. The fraction of sp³-hybridized carbons (Fsp3) is 0.273. The smallest absolute Gasteiger partial charge is 0.352 e. The quantitative estimate of drug-likeness (QED) is 0.624. The fourth-order valence-electron chi connectivity index (χ4n) is 3.41. The molecule has 1 aromatic heterocycles. The van der Waals surface area contributed by atoms with Crippen molar-refractivity contribution < 1.29 is 9.13 Å². The van der Waals surface area contributed by atoms with Crippen molar-refractivity contribution in [3.8, 4) is 5.88 Å². The Hall–Kier alpha value is -2.86. The number of halogens is 2. The maximum absolute atomic E-state index is 13.7. The summed E-state index contributed by atoms with van der Waals surface area (Å²) in [5.41, 5.74) is 2.03. The van der Waals surface area contributed by atoms with E-state index in [1.165, 1.54) is 6.07 Å². The summed E-state index contributed by atoms with van der Waals surface area (Å²) < 4.78 is 21.1. The molecule has 3 aromatic rings. The van der Waals surface area contributed by atoms with Gasteiger partial charge < -0.3 is 9.64 Å². The lowest BCUT2D eigenvalue weighted by Gasteiger charge is -2.32. The highest BCUT2D eigenvalue weighted by molar-refractivity contribution is 6.30.